The minimum absolute atomic E-state index is 0.00302. The van der Waals surface area contributed by atoms with Crippen LogP contribution in [0.4, 0.5) is 0 Å². The number of thiazole rings is 1. The number of rotatable bonds is 6. The second-order valence-corrected chi connectivity index (χ2v) is 7.38. The van der Waals surface area contributed by atoms with Crippen LogP contribution < -0.4 is 5.32 Å². The van der Waals surface area contributed by atoms with Crippen LogP contribution in [0, 0.1) is 11.3 Å². The summed E-state index contributed by atoms with van der Waals surface area (Å²) in [6, 6.07) is 23.2. The van der Waals surface area contributed by atoms with E-state index in [2.05, 4.69) is 10.3 Å². The quantitative estimate of drug-likeness (QED) is 0.372. The number of hydrogen-bond acceptors (Lipinski definition) is 5. The molecule has 4 aromatic rings. The first-order valence-corrected chi connectivity index (χ1v) is 9.94. The zero-order valence-corrected chi connectivity index (χ0v) is 16.3. The molecule has 29 heavy (non-hydrogen) atoms. The van der Waals surface area contributed by atoms with Gasteiger partial charge < -0.3 is 9.73 Å². The summed E-state index contributed by atoms with van der Waals surface area (Å²) in [6.45, 7) is 0.455. The Morgan fingerprint density at radius 1 is 1.10 bits per heavy atom. The van der Waals surface area contributed by atoms with Gasteiger partial charge in [0.15, 0.2) is 10.8 Å². The number of furan rings is 1. The first-order valence-electron chi connectivity index (χ1n) is 9.12. The Hall–Kier alpha value is -3.69. The van der Waals surface area contributed by atoms with E-state index >= 15 is 0 Å². The summed E-state index contributed by atoms with van der Waals surface area (Å²) in [5.74, 6) is 0.634. The molecule has 2 heterocycles. The first-order chi connectivity index (χ1) is 14.2. The molecule has 0 aliphatic heterocycles. The molecule has 6 heteroatoms. The topological polar surface area (TPSA) is 78.9 Å². The van der Waals surface area contributed by atoms with Gasteiger partial charge >= 0.3 is 0 Å². The number of para-hydroxylation sites is 1. The van der Waals surface area contributed by atoms with Crippen molar-refractivity contribution < 1.29 is 9.21 Å². The minimum Gasteiger partial charge on any atom is -0.454 e. The van der Waals surface area contributed by atoms with Gasteiger partial charge in [-0.25, -0.2) is 4.98 Å². The van der Waals surface area contributed by atoms with Gasteiger partial charge in [0.05, 0.1) is 10.2 Å². The number of amides is 1. The Balaban J connectivity index is 1.44. The summed E-state index contributed by atoms with van der Waals surface area (Å²) in [5.41, 5.74) is 2.04. The second-order valence-electron chi connectivity index (χ2n) is 6.35. The fraction of sp³-hybridized carbons (Fsp3) is 0.0870. The lowest BCUT2D eigenvalue weighted by Crippen LogP contribution is -2.26. The van der Waals surface area contributed by atoms with E-state index in [1.807, 2.05) is 60.7 Å². The molecule has 0 atom stereocenters. The lowest BCUT2D eigenvalue weighted by molar-refractivity contribution is -0.117. The number of fused-ring (bicyclic) bond motifs is 1. The molecule has 5 nitrogen and oxygen atoms in total. The van der Waals surface area contributed by atoms with E-state index in [4.69, 9.17) is 4.42 Å². The fourth-order valence-electron chi connectivity index (χ4n) is 2.87. The zero-order valence-electron chi connectivity index (χ0n) is 15.5. The molecule has 0 aliphatic rings. The van der Waals surface area contributed by atoms with Gasteiger partial charge in [0.1, 0.15) is 17.4 Å². The van der Waals surface area contributed by atoms with Crippen LogP contribution in [0.3, 0.4) is 0 Å². The van der Waals surface area contributed by atoms with E-state index in [0.717, 1.165) is 20.8 Å². The van der Waals surface area contributed by atoms with E-state index in [1.165, 1.54) is 17.4 Å². The Morgan fingerprint density at radius 2 is 1.90 bits per heavy atom. The van der Waals surface area contributed by atoms with Gasteiger partial charge in [-0.1, -0.05) is 42.5 Å². The second kappa shape index (κ2) is 8.55. The van der Waals surface area contributed by atoms with Crippen LogP contribution in [-0.2, 0) is 11.2 Å². The molecule has 0 saturated heterocycles. The van der Waals surface area contributed by atoms with Gasteiger partial charge in [0.25, 0.3) is 5.91 Å². The summed E-state index contributed by atoms with van der Waals surface area (Å²) in [7, 11) is 0. The summed E-state index contributed by atoms with van der Waals surface area (Å²) in [5, 5.41) is 12.9. The number of nitrogens with one attached hydrogen (secondary N) is 1. The molecule has 0 fully saturated rings. The molecule has 0 radical (unpaired) electrons. The molecule has 0 unspecified atom stereocenters. The summed E-state index contributed by atoms with van der Waals surface area (Å²) >= 11 is 1.53. The summed E-state index contributed by atoms with van der Waals surface area (Å²) < 4.78 is 6.87. The van der Waals surface area contributed by atoms with Gasteiger partial charge in [0, 0.05) is 12.6 Å². The van der Waals surface area contributed by atoms with Gasteiger partial charge in [-0.05, 0) is 36.2 Å². The van der Waals surface area contributed by atoms with Crippen LogP contribution in [0.2, 0.25) is 0 Å². The zero-order chi connectivity index (χ0) is 20.1. The molecule has 1 N–H and O–H groups in total. The number of nitriles is 1. The van der Waals surface area contributed by atoms with Crippen molar-refractivity contribution in [2.24, 2.45) is 0 Å². The summed E-state index contributed by atoms with van der Waals surface area (Å²) in [6.07, 6.45) is 2.16. The molecular formula is C23H17N3O2S. The van der Waals surface area contributed by atoms with E-state index in [0.29, 0.717) is 24.5 Å². The SMILES string of the molecule is N#C/C(=C/c1ccc(-c2nc3ccccc3s2)o1)C(=O)NCCc1ccccc1. The maximum Gasteiger partial charge on any atom is 0.262 e. The van der Waals surface area contributed by atoms with Crippen LogP contribution >= 0.6 is 11.3 Å². The molecule has 142 valence electrons. The van der Waals surface area contributed by atoms with Crippen molar-refractivity contribution in [3.8, 4) is 16.8 Å². The number of carbonyl (C=O) groups excluding carboxylic acids is 1. The Labute approximate surface area is 171 Å². The summed E-state index contributed by atoms with van der Waals surface area (Å²) in [4.78, 5) is 16.9. The number of hydrogen-bond donors (Lipinski definition) is 1. The monoisotopic (exact) mass is 399 g/mol. The maximum atomic E-state index is 12.3. The standard InChI is InChI=1S/C23H17N3O2S/c24-15-17(22(27)25-13-12-16-6-2-1-3-7-16)14-18-10-11-20(28-18)23-26-19-8-4-5-9-21(19)29-23/h1-11,14H,12-13H2,(H,25,27)/b17-14-. The molecule has 1 amide bonds. The van der Waals surface area contributed by atoms with Crippen LogP contribution in [0.1, 0.15) is 11.3 Å². The van der Waals surface area contributed by atoms with Crippen LogP contribution in [0.5, 0.6) is 0 Å². The third-order valence-corrected chi connectivity index (χ3v) is 5.38. The van der Waals surface area contributed by atoms with Crippen molar-refractivity contribution >= 4 is 33.5 Å². The molecule has 0 spiro atoms. The van der Waals surface area contributed by atoms with E-state index in [9.17, 15) is 10.1 Å². The van der Waals surface area contributed by atoms with E-state index in [1.54, 1.807) is 12.1 Å². The minimum atomic E-state index is -0.415. The fourth-order valence-corrected chi connectivity index (χ4v) is 3.80. The number of benzene rings is 2. The molecule has 4 rings (SSSR count). The average Bonchev–Trinajstić information content (AvgIpc) is 3.39. The highest BCUT2D eigenvalue weighted by Crippen LogP contribution is 2.31. The van der Waals surface area contributed by atoms with Gasteiger partial charge in [-0.2, -0.15) is 5.26 Å². The number of nitrogens with zero attached hydrogens (tertiary/aromatic N) is 2. The van der Waals surface area contributed by atoms with Gasteiger partial charge in [0.2, 0.25) is 0 Å². The molecule has 0 saturated carbocycles. The van der Waals surface area contributed by atoms with Crippen LogP contribution in [0.25, 0.3) is 27.1 Å². The number of aromatic nitrogens is 1. The van der Waals surface area contributed by atoms with Crippen molar-refractivity contribution in [1.29, 1.82) is 5.26 Å². The Kier molecular flexibility index (Phi) is 5.50. The molecule has 2 aromatic heterocycles. The molecule has 2 aromatic carbocycles. The van der Waals surface area contributed by atoms with E-state index in [-0.39, 0.29) is 5.57 Å². The number of carbonyl (C=O) groups is 1. The molecule has 0 aliphatic carbocycles. The van der Waals surface area contributed by atoms with Gasteiger partial charge in [-0.3, -0.25) is 4.79 Å². The molecule has 0 bridgehead atoms. The van der Waals surface area contributed by atoms with Crippen molar-refractivity contribution in [2.45, 2.75) is 6.42 Å². The average molecular weight is 399 g/mol. The van der Waals surface area contributed by atoms with E-state index < -0.39 is 5.91 Å². The highest BCUT2D eigenvalue weighted by atomic mass is 32.1. The lowest BCUT2D eigenvalue weighted by atomic mass is 10.1. The highest BCUT2D eigenvalue weighted by Gasteiger charge is 2.13. The molecular weight excluding hydrogens is 382 g/mol. The largest absolute Gasteiger partial charge is 0.454 e. The third-order valence-electron chi connectivity index (χ3n) is 4.33. The van der Waals surface area contributed by atoms with Crippen molar-refractivity contribution in [3.05, 3.63) is 83.6 Å². The lowest BCUT2D eigenvalue weighted by Gasteiger charge is -2.04. The third kappa shape index (κ3) is 4.42. The van der Waals surface area contributed by atoms with Crippen LogP contribution in [-0.4, -0.2) is 17.4 Å². The predicted octanol–water partition coefficient (Wildman–Crippen LogP) is 4.82. The van der Waals surface area contributed by atoms with Gasteiger partial charge in [-0.15, -0.1) is 11.3 Å². The smallest absolute Gasteiger partial charge is 0.262 e. The van der Waals surface area contributed by atoms with Crippen LogP contribution in [0.15, 0.2) is 76.7 Å². The van der Waals surface area contributed by atoms with Crippen molar-refractivity contribution in [1.82, 2.24) is 10.3 Å². The maximum absolute atomic E-state index is 12.3. The highest BCUT2D eigenvalue weighted by molar-refractivity contribution is 7.21. The predicted molar refractivity (Wildman–Crippen MR) is 114 cm³/mol. The van der Waals surface area contributed by atoms with Crippen molar-refractivity contribution in [3.63, 3.8) is 0 Å². The Bertz CT molecular complexity index is 1180. The normalized spacial score (nSPS) is 11.3. The van der Waals surface area contributed by atoms with Crippen molar-refractivity contribution in [2.75, 3.05) is 6.54 Å². The Morgan fingerprint density at radius 3 is 2.69 bits per heavy atom. The first kappa shape index (κ1) is 18.7.